The molecule has 2 aliphatic rings. The molecule has 2 N–H and O–H groups in total. The van der Waals surface area contributed by atoms with E-state index in [4.69, 9.17) is 5.73 Å². The highest BCUT2D eigenvalue weighted by molar-refractivity contribution is 5.86. The van der Waals surface area contributed by atoms with E-state index in [2.05, 4.69) is 9.97 Å². The van der Waals surface area contributed by atoms with Gasteiger partial charge in [-0.1, -0.05) is 12.8 Å². The fourth-order valence-corrected chi connectivity index (χ4v) is 4.09. The molecule has 1 aliphatic heterocycles. The number of hydrogen-bond donors (Lipinski definition) is 1. The third-order valence-corrected chi connectivity index (χ3v) is 5.70. The molecule has 1 unspecified atom stereocenters. The van der Waals surface area contributed by atoms with Crippen LogP contribution >= 0.6 is 24.8 Å². The molecular weight excluding hydrogens is 385 g/mol. The van der Waals surface area contributed by atoms with Crippen LogP contribution in [0.4, 0.5) is 5.82 Å². The molecule has 1 atom stereocenters. The number of rotatable bonds is 4. The highest BCUT2D eigenvalue weighted by atomic mass is 35.5. The topological polar surface area (TPSA) is 75.4 Å². The smallest absolute Gasteiger partial charge is 0.242 e. The van der Waals surface area contributed by atoms with Crippen molar-refractivity contribution in [1.82, 2.24) is 14.9 Å². The molecule has 1 aliphatic carbocycles. The molecule has 3 rings (SSSR count). The van der Waals surface area contributed by atoms with Crippen LogP contribution in [0.1, 0.15) is 50.6 Å². The van der Waals surface area contributed by atoms with E-state index in [0.29, 0.717) is 5.92 Å². The van der Waals surface area contributed by atoms with E-state index in [1.165, 1.54) is 0 Å². The summed E-state index contributed by atoms with van der Waals surface area (Å²) in [6.07, 6.45) is 11.7. The second kappa shape index (κ2) is 10.4. The first-order valence-electron chi connectivity index (χ1n) is 9.54. The van der Waals surface area contributed by atoms with Crippen molar-refractivity contribution in [2.75, 3.05) is 32.1 Å². The van der Waals surface area contributed by atoms with Gasteiger partial charge in [0, 0.05) is 27.2 Å². The Morgan fingerprint density at radius 1 is 1.15 bits per heavy atom. The average Bonchev–Trinajstić information content (AvgIpc) is 2.92. The molecule has 0 radical (unpaired) electrons. The maximum absolute atomic E-state index is 12.8. The molecule has 154 valence electrons. The van der Waals surface area contributed by atoms with Crippen LogP contribution < -0.4 is 10.6 Å². The Morgan fingerprint density at radius 3 is 2.44 bits per heavy atom. The van der Waals surface area contributed by atoms with Crippen LogP contribution in [0.2, 0.25) is 0 Å². The monoisotopic (exact) mass is 417 g/mol. The fourth-order valence-electron chi connectivity index (χ4n) is 4.09. The summed E-state index contributed by atoms with van der Waals surface area (Å²) in [7, 11) is 3.93. The van der Waals surface area contributed by atoms with Gasteiger partial charge in [0.2, 0.25) is 5.91 Å². The van der Waals surface area contributed by atoms with E-state index in [-0.39, 0.29) is 30.7 Å². The molecule has 6 nitrogen and oxygen atoms in total. The van der Waals surface area contributed by atoms with Crippen LogP contribution in [-0.4, -0.2) is 53.5 Å². The van der Waals surface area contributed by atoms with E-state index in [1.807, 2.05) is 36.3 Å². The van der Waals surface area contributed by atoms with Gasteiger partial charge in [-0.25, -0.2) is 4.98 Å². The number of nitrogens with two attached hydrogens (primary N) is 1. The zero-order valence-corrected chi connectivity index (χ0v) is 18.0. The van der Waals surface area contributed by atoms with Gasteiger partial charge in [-0.05, 0) is 44.4 Å². The number of carbonyl (C=O) groups is 1. The number of amides is 1. The number of anilines is 1. The number of nitrogens with zero attached hydrogens (tertiary/aromatic N) is 4. The minimum absolute atomic E-state index is 0. The van der Waals surface area contributed by atoms with E-state index < -0.39 is 5.54 Å². The maximum Gasteiger partial charge on any atom is 0.242 e. The Labute approximate surface area is 175 Å². The predicted octanol–water partition coefficient (Wildman–Crippen LogP) is 2.83. The lowest BCUT2D eigenvalue weighted by Crippen LogP contribution is -2.53. The zero-order chi connectivity index (χ0) is 17.9. The molecule has 0 spiro atoms. The highest BCUT2D eigenvalue weighted by Crippen LogP contribution is 2.30. The van der Waals surface area contributed by atoms with Gasteiger partial charge >= 0.3 is 0 Å². The summed E-state index contributed by atoms with van der Waals surface area (Å²) < 4.78 is 0. The molecule has 2 heterocycles. The maximum atomic E-state index is 12.8. The SMILES string of the molecule is CN(C)c1cnc(CC2CCCN(C(=O)C3(N)CCCC3)CC2)cn1.Cl.Cl. The van der Waals surface area contributed by atoms with Crippen LogP contribution in [0, 0.1) is 5.92 Å². The third-order valence-electron chi connectivity index (χ3n) is 5.70. The first kappa shape index (κ1) is 23.9. The van der Waals surface area contributed by atoms with Crippen molar-refractivity contribution in [2.45, 2.75) is 56.9 Å². The Bertz CT molecular complexity index is 590. The lowest BCUT2D eigenvalue weighted by Gasteiger charge is -2.30. The van der Waals surface area contributed by atoms with Gasteiger partial charge in [0.15, 0.2) is 0 Å². The lowest BCUT2D eigenvalue weighted by atomic mass is 9.95. The molecule has 1 aromatic rings. The predicted molar refractivity (Wildman–Crippen MR) is 114 cm³/mol. The normalized spacial score (nSPS) is 21.6. The molecular formula is C19H33Cl2N5O. The van der Waals surface area contributed by atoms with Crippen LogP contribution in [0.3, 0.4) is 0 Å². The quantitative estimate of drug-likeness (QED) is 0.814. The van der Waals surface area contributed by atoms with Crippen molar-refractivity contribution >= 4 is 36.5 Å². The number of hydrogen-bond acceptors (Lipinski definition) is 5. The van der Waals surface area contributed by atoms with Gasteiger partial charge in [-0.2, -0.15) is 0 Å². The second-order valence-electron chi connectivity index (χ2n) is 7.92. The molecule has 8 heteroatoms. The standard InChI is InChI=1S/C19H31N5O.2ClH/c1-23(2)17-14-21-16(13-22-17)12-15-6-5-10-24(11-7-15)18(25)19(20)8-3-4-9-19;;/h13-15H,3-12,20H2,1-2H3;2*1H. The Kier molecular flexibility index (Phi) is 9.25. The summed E-state index contributed by atoms with van der Waals surface area (Å²) in [4.78, 5) is 25.8. The fraction of sp³-hybridized carbons (Fsp3) is 0.737. The summed E-state index contributed by atoms with van der Waals surface area (Å²) in [6, 6.07) is 0. The van der Waals surface area contributed by atoms with Gasteiger partial charge in [-0.15, -0.1) is 24.8 Å². The molecule has 2 fully saturated rings. The van der Waals surface area contributed by atoms with Gasteiger partial charge in [0.25, 0.3) is 0 Å². The van der Waals surface area contributed by atoms with Crippen molar-refractivity contribution in [2.24, 2.45) is 11.7 Å². The van der Waals surface area contributed by atoms with E-state index >= 15 is 0 Å². The molecule has 1 aromatic heterocycles. The first-order chi connectivity index (χ1) is 12.0. The van der Waals surface area contributed by atoms with Crippen LogP contribution in [0.25, 0.3) is 0 Å². The van der Waals surface area contributed by atoms with E-state index in [1.54, 1.807) is 0 Å². The van der Waals surface area contributed by atoms with Crippen molar-refractivity contribution in [1.29, 1.82) is 0 Å². The molecule has 27 heavy (non-hydrogen) atoms. The molecule has 1 amide bonds. The number of likely N-dealkylation sites (tertiary alicyclic amines) is 1. The molecule has 1 saturated carbocycles. The number of halogens is 2. The summed E-state index contributed by atoms with van der Waals surface area (Å²) in [5, 5.41) is 0. The first-order valence-corrected chi connectivity index (χ1v) is 9.54. The Hall–Kier alpha value is -1.11. The van der Waals surface area contributed by atoms with Crippen LogP contribution in [0.15, 0.2) is 12.4 Å². The number of aromatic nitrogens is 2. The van der Waals surface area contributed by atoms with Crippen molar-refractivity contribution in [3.8, 4) is 0 Å². The van der Waals surface area contributed by atoms with Gasteiger partial charge in [0.05, 0.1) is 23.6 Å². The minimum Gasteiger partial charge on any atom is -0.361 e. The van der Waals surface area contributed by atoms with Crippen molar-refractivity contribution in [3.05, 3.63) is 18.1 Å². The van der Waals surface area contributed by atoms with Crippen molar-refractivity contribution in [3.63, 3.8) is 0 Å². The van der Waals surface area contributed by atoms with Crippen LogP contribution in [0.5, 0.6) is 0 Å². The van der Waals surface area contributed by atoms with Gasteiger partial charge in [-0.3, -0.25) is 9.78 Å². The Balaban J connectivity index is 0.00000182. The average molecular weight is 418 g/mol. The summed E-state index contributed by atoms with van der Waals surface area (Å²) in [6.45, 7) is 1.67. The summed E-state index contributed by atoms with van der Waals surface area (Å²) in [5.74, 6) is 1.63. The zero-order valence-electron chi connectivity index (χ0n) is 16.4. The summed E-state index contributed by atoms with van der Waals surface area (Å²) >= 11 is 0. The molecule has 0 bridgehead atoms. The van der Waals surface area contributed by atoms with Crippen LogP contribution in [-0.2, 0) is 11.2 Å². The summed E-state index contributed by atoms with van der Waals surface area (Å²) in [5.41, 5.74) is 6.82. The Morgan fingerprint density at radius 2 is 1.85 bits per heavy atom. The molecule has 0 aromatic carbocycles. The minimum atomic E-state index is -0.590. The largest absolute Gasteiger partial charge is 0.361 e. The number of carbonyl (C=O) groups excluding carboxylic acids is 1. The lowest BCUT2D eigenvalue weighted by molar-refractivity contribution is -0.136. The molecule has 1 saturated heterocycles. The third kappa shape index (κ3) is 5.93. The van der Waals surface area contributed by atoms with Crippen molar-refractivity contribution < 1.29 is 4.79 Å². The highest BCUT2D eigenvalue weighted by Gasteiger charge is 2.40. The second-order valence-corrected chi connectivity index (χ2v) is 7.92. The van der Waals surface area contributed by atoms with E-state index in [0.717, 1.165) is 76.0 Å². The van der Waals surface area contributed by atoms with Gasteiger partial charge < -0.3 is 15.5 Å². The van der Waals surface area contributed by atoms with Gasteiger partial charge in [0.1, 0.15) is 5.82 Å². The van der Waals surface area contributed by atoms with E-state index in [9.17, 15) is 4.79 Å².